The molecule has 126 valence electrons. The summed E-state index contributed by atoms with van der Waals surface area (Å²) in [5.41, 5.74) is 2.10. The molecule has 0 amide bonds. The number of pyridine rings is 1. The zero-order valence-corrected chi connectivity index (χ0v) is 13.6. The summed E-state index contributed by atoms with van der Waals surface area (Å²) in [6.07, 6.45) is 5.13. The van der Waals surface area contributed by atoms with Crippen LogP contribution in [0.5, 0.6) is 0 Å². The fraction of sp³-hybridized carbons (Fsp3) is 0.111. The predicted octanol–water partition coefficient (Wildman–Crippen LogP) is 3.01. The number of ether oxygens (including phenoxy) is 1. The predicted molar refractivity (Wildman–Crippen MR) is 94.7 cm³/mol. The number of para-hydroxylation sites is 1. The van der Waals surface area contributed by atoms with Crippen molar-refractivity contribution < 1.29 is 9.53 Å². The third-order valence-corrected chi connectivity index (χ3v) is 3.46. The molecule has 3 aromatic rings. The number of aromatic nitrogens is 3. The molecule has 3 rings (SSSR count). The van der Waals surface area contributed by atoms with Crippen molar-refractivity contribution in [1.82, 2.24) is 15.0 Å². The van der Waals surface area contributed by atoms with E-state index in [9.17, 15) is 4.79 Å². The molecule has 25 heavy (non-hydrogen) atoms. The van der Waals surface area contributed by atoms with Crippen molar-refractivity contribution in [3.8, 4) is 0 Å². The minimum absolute atomic E-state index is 0.385. The van der Waals surface area contributed by atoms with E-state index >= 15 is 0 Å². The van der Waals surface area contributed by atoms with E-state index in [4.69, 9.17) is 4.74 Å². The van der Waals surface area contributed by atoms with E-state index in [1.165, 1.54) is 7.11 Å². The summed E-state index contributed by atoms with van der Waals surface area (Å²) in [6, 6.07) is 12.7. The highest BCUT2D eigenvalue weighted by Gasteiger charge is 2.12. The molecule has 7 nitrogen and oxygen atoms in total. The molecule has 1 aromatic carbocycles. The van der Waals surface area contributed by atoms with Crippen LogP contribution in [0.1, 0.15) is 15.9 Å². The van der Waals surface area contributed by atoms with E-state index in [0.717, 1.165) is 5.56 Å². The van der Waals surface area contributed by atoms with Gasteiger partial charge in [-0.25, -0.2) is 9.78 Å². The van der Waals surface area contributed by atoms with E-state index in [-0.39, 0.29) is 0 Å². The Balaban J connectivity index is 1.73. The van der Waals surface area contributed by atoms with Gasteiger partial charge in [-0.1, -0.05) is 12.1 Å². The number of nitrogens with one attached hydrogen (secondary N) is 2. The summed E-state index contributed by atoms with van der Waals surface area (Å²) < 4.78 is 4.79. The van der Waals surface area contributed by atoms with E-state index < -0.39 is 5.97 Å². The van der Waals surface area contributed by atoms with Gasteiger partial charge in [-0.3, -0.25) is 4.98 Å². The Bertz CT molecular complexity index is 855. The van der Waals surface area contributed by atoms with Gasteiger partial charge in [-0.05, 0) is 35.9 Å². The van der Waals surface area contributed by atoms with E-state index in [0.29, 0.717) is 29.6 Å². The van der Waals surface area contributed by atoms with Crippen molar-refractivity contribution in [2.24, 2.45) is 0 Å². The Kier molecular flexibility index (Phi) is 5.16. The van der Waals surface area contributed by atoms with Crippen molar-refractivity contribution >= 4 is 23.4 Å². The van der Waals surface area contributed by atoms with Gasteiger partial charge in [0, 0.05) is 25.1 Å². The second kappa shape index (κ2) is 7.87. The van der Waals surface area contributed by atoms with Gasteiger partial charge in [-0.2, -0.15) is 4.98 Å². The summed E-state index contributed by atoms with van der Waals surface area (Å²) in [6.45, 7) is 0.623. The highest BCUT2D eigenvalue weighted by molar-refractivity contribution is 5.96. The number of carbonyl (C=O) groups is 1. The molecular formula is C18H17N5O2. The summed E-state index contributed by atoms with van der Waals surface area (Å²) in [5, 5.41) is 6.28. The maximum atomic E-state index is 11.8. The van der Waals surface area contributed by atoms with Crippen LogP contribution in [-0.4, -0.2) is 28.0 Å². The van der Waals surface area contributed by atoms with Crippen molar-refractivity contribution in [1.29, 1.82) is 0 Å². The maximum absolute atomic E-state index is 11.8. The Labute approximate surface area is 145 Å². The fourth-order valence-corrected chi connectivity index (χ4v) is 2.21. The third kappa shape index (κ3) is 4.29. The van der Waals surface area contributed by atoms with Gasteiger partial charge in [-0.15, -0.1) is 0 Å². The molecule has 0 bridgehead atoms. The first kappa shape index (κ1) is 16.4. The van der Waals surface area contributed by atoms with Crippen LogP contribution < -0.4 is 10.6 Å². The topological polar surface area (TPSA) is 89.0 Å². The molecule has 0 saturated heterocycles. The third-order valence-electron chi connectivity index (χ3n) is 3.46. The standard InChI is InChI=1S/C18H17N5O2/c1-25-17(24)14-4-2-3-5-15(14)22-18-20-11-8-16(23-18)21-12-13-6-9-19-10-7-13/h2-11H,12H2,1H3,(H2,20,21,22,23). The number of benzene rings is 1. The lowest BCUT2D eigenvalue weighted by Gasteiger charge is -2.11. The van der Waals surface area contributed by atoms with Gasteiger partial charge in [0.2, 0.25) is 5.95 Å². The Hall–Kier alpha value is -3.48. The van der Waals surface area contributed by atoms with Crippen LogP contribution in [0.25, 0.3) is 0 Å². The first-order valence-corrected chi connectivity index (χ1v) is 7.66. The van der Waals surface area contributed by atoms with E-state index in [1.807, 2.05) is 18.2 Å². The molecule has 7 heteroatoms. The van der Waals surface area contributed by atoms with Gasteiger partial charge in [0.1, 0.15) is 5.82 Å². The molecule has 0 aliphatic heterocycles. The average Bonchev–Trinajstić information content (AvgIpc) is 2.67. The Morgan fingerprint density at radius 1 is 1.08 bits per heavy atom. The van der Waals surface area contributed by atoms with Gasteiger partial charge < -0.3 is 15.4 Å². The molecule has 0 aliphatic rings. The molecule has 0 radical (unpaired) electrons. The largest absolute Gasteiger partial charge is 0.465 e. The highest BCUT2D eigenvalue weighted by Crippen LogP contribution is 2.20. The molecule has 0 atom stereocenters. The van der Waals surface area contributed by atoms with Crippen molar-refractivity contribution in [3.63, 3.8) is 0 Å². The summed E-state index contributed by atoms with van der Waals surface area (Å²) >= 11 is 0. The Morgan fingerprint density at radius 3 is 2.68 bits per heavy atom. The number of nitrogens with zero attached hydrogens (tertiary/aromatic N) is 3. The summed E-state index contributed by atoms with van der Waals surface area (Å²) in [4.78, 5) is 24.4. The number of rotatable bonds is 6. The van der Waals surface area contributed by atoms with Crippen LogP contribution in [0.4, 0.5) is 17.5 Å². The minimum Gasteiger partial charge on any atom is -0.465 e. The lowest BCUT2D eigenvalue weighted by Crippen LogP contribution is -2.08. The molecule has 2 aromatic heterocycles. The number of esters is 1. The zero-order chi connectivity index (χ0) is 17.5. The second-order valence-electron chi connectivity index (χ2n) is 5.14. The number of hydrogen-bond acceptors (Lipinski definition) is 7. The van der Waals surface area contributed by atoms with Gasteiger partial charge in [0.05, 0.1) is 18.4 Å². The molecule has 0 fully saturated rings. The zero-order valence-electron chi connectivity index (χ0n) is 13.6. The van der Waals surface area contributed by atoms with Crippen molar-refractivity contribution in [2.75, 3.05) is 17.7 Å². The van der Waals surface area contributed by atoms with Crippen LogP contribution in [0.2, 0.25) is 0 Å². The molecule has 2 N–H and O–H groups in total. The summed E-state index contributed by atoms with van der Waals surface area (Å²) in [5.74, 6) is 0.635. The van der Waals surface area contributed by atoms with Gasteiger partial charge in [0.15, 0.2) is 0 Å². The molecule has 0 aliphatic carbocycles. The second-order valence-corrected chi connectivity index (χ2v) is 5.14. The molecule has 0 unspecified atom stereocenters. The molecule has 0 saturated carbocycles. The normalized spacial score (nSPS) is 10.1. The number of anilines is 3. The van der Waals surface area contributed by atoms with Crippen molar-refractivity contribution in [3.05, 3.63) is 72.2 Å². The molecule has 0 spiro atoms. The average molecular weight is 335 g/mol. The van der Waals surface area contributed by atoms with Gasteiger partial charge in [0.25, 0.3) is 0 Å². The van der Waals surface area contributed by atoms with Crippen LogP contribution in [-0.2, 0) is 11.3 Å². The number of carbonyl (C=O) groups excluding carboxylic acids is 1. The lowest BCUT2D eigenvalue weighted by atomic mass is 10.2. The molecule has 2 heterocycles. The van der Waals surface area contributed by atoms with Crippen LogP contribution in [0.3, 0.4) is 0 Å². The summed E-state index contributed by atoms with van der Waals surface area (Å²) in [7, 11) is 1.35. The van der Waals surface area contributed by atoms with E-state index in [1.54, 1.807) is 42.9 Å². The quantitative estimate of drug-likeness (QED) is 0.669. The van der Waals surface area contributed by atoms with Crippen LogP contribution in [0, 0.1) is 0 Å². The van der Waals surface area contributed by atoms with E-state index in [2.05, 4.69) is 25.6 Å². The maximum Gasteiger partial charge on any atom is 0.339 e. The number of methoxy groups -OCH3 is 1. The lowest BCUT2D eigenvalue weighted by molar-refractivity contribution is 0.0602. The number of hydrogen-bond donors (Lipinski definition) is 2. The van der Waals surface area contributed by atoms with Crippen LogP contribution >= 0.6 is 0 Å². The van der Waals surface area contributed by atoms with Crippen LogP contribution in [0.15, 0.2) is 61.1 Å². The molecular weight excluding hydrogens is 318 g/mol. The fourth-order valence-electron chi connectivity index (χ4n) is 2.21. The first-order chi connectivity index (χ1) is 12.3. The minimum atomic E-state index is -0.421. The smallest absolute Gasteiger partial charge is 0.339 e. The Morgan fingerprint density at radius 2 is 1.88 bits per heavy atom. The SMILES string of the molecule is COC(=O)c1ccccc1Nc1nccc(NCc2ccncc2)n1. The highest BCUT2D eigenvalue weighted by atomic mass is 16.5. The van der Waals surface area contributed by atoms with Crippen molar-refractivity contribution in [2.45, 2.75) is 6.54 Å². The first-order valence-electron chi connectivity index (χ1n) is 7.66. The van der Waals surface area contributed by atoms with Gasteiger partial charge >= 0.3 is 5.97 Å². The monoisotopic (exact) mass is 335 g/mol.